The molecule has 162 valence electrons. The predicted molar refractivity (Wildman–Crippen MR) is 103 cm³/mol. The summed E-state index contributed by atoms with van der Waals surface area (Å²) < 4.78 is 10.9. The minimum Gasteiger partial charge on any atom is -0.539 e. The molecule has 1 aliphatic heterocycles. The van der Waals surface area contributed by atoms with Crippen molar-refractivity contribution < 1.29 is 39.0 Å². The Morgan fingerprint density at radius 3 is 2.41 bits per heavy atom. The molecule has 1 saturated heterocycles. The lowest BCUT2D eigenvalue weighted by Crippen LogP contribution is -3.13. The molecule has 0 spiro atoms. The van der Waals surface area contributed by atoms with Crippen LogP contribution in [0.4, 0.5) is 10.5 Å². The molecule has 0 atom stereocenters. The van der Waals surface area contributed by atoms with Gasteiger partial charge in [-0.15, -0.1) is 0 Å². The number of hydrogen-bond donors (Lipinski definition) is 3. The van der Waals surface area contributed by atoms with Crippen LogP contribution in [0.3, 0.4) is 0 Å². The number of likely N-dealkylation sites (tertiary alicyclic amines) is 1. The van der Waals surface area contributed by atoms with Gasteiger partial charge < -0.3 is 29.4 Å². The normalized spacial score (nSPS) is 13.7. The Hall–Kier alpha value is -2.65. The Morgan fingerprint density at radius 1 is 1.14 bits per heavy atom. The number of carboxylic acid groups (broad SMARTS) is 2. The van der Waals surface area contributed by atoms with Crippen LogP contribution >= 0.6 is 0 Å². The average molecular weight is 410 g/mol. The van der Waals surface area contributed by atoms with E-state index in [1.165, 1.54) is 37.3 Å². The van der Waals surface area contributed by atoms with Crippen LogP contribution < -0.4 is 15.3 Å². The van der Waals surface area contributed by atoms with Crippen molar-refractivity contribution in [2.24, 2.45) is 0 Å². The first kappa shape index (κ1) is 24.4. The highest BCUT2D eigenvalue weighted by Crippen LogP contribution is 2.16. The van der Waals surface area contributed by atoms with E-state index >= 15 is 0 Å². The lowest BCUT2D eigenvalue weighted by Gasteiger charge is -2.23. The first-order valence-electron chi connectivity index (χ1n) is 9.81. The number of aliphatic carboxylic acids is 2. The number of para-hydroxylation sites is 1. The third kappa shape index (κ3) is 11.1. The molecule has 0 radical (unpaired) electrons. The highest BCUT2D eigenvalue weighted by atomic mass is 16.5. The van der Waals surface area contributed by atoms with Crippen molar-refractivity contribution in [2.75, 3.05) is 38.2 Å². The summed E-state index contributed by atoms with van der Waals surface area (Å²) in [7, 11) is 0. The number of hydrogen-bond acceptors (Lipinski definition) is 6. The molecule has 2 rings (SSSR count). The zero-order chi connectivity index (χ0) is 21.5. The van der Waals surface area contributed by atoms with E-state index in [4.69, 9.17) is 29.3 Å². The summed E-state index contributed by atoms with van der Waals surface area (Å²) in [5.74, 6) is -4.01. The highest BCUT2D eigenvalue weighted by molar-refractivity contribution is 6.26. The number of ether oxygens (including phenoxy) is 2. The summed E-state index contributed by atoms with van der Waals surface area (Å²) in [6, 6.07) is 7.68. The number of carbonyl (C=O) groups excluding carboxylic acids is 2. The van der Waals surface area contributed by atoms with Gasteiger partial charge in [-0.3, -0.25) is 5.32 Å². The Morgan fingerprint density at radius 2 is 1.79 bits per heavy atom. The minimum atomic E-state index is -2.07. The fourth-order valence-electron chi connectivity index (χ4n) is 2.83. The Balaban J connectivity index is 0.000000612. The summed E-state index contributed by atoms with van der Waals surface area (Å²) in [5, 5.41) is 19.1. The molecule has 0 aromatic heterocycles. The molecule has 0 aliphatic carbocycles. The Labute approximate surface area is 170 Å². The fraction of sp³-hybridized carbons (Fsp3) is 0.550. The van der Waals surface area contributed by atoms with Crippen molar-refractivity contribution in [1.29, 1.82) is 0 Å². The molecule has 1 aliphatic rings. The number of quaternary nitrogens is 1. The van der Waals surface area contributed by atoms with Gasteiger partial charge in [0.1, 0.15) is 13.2 Å². The maximum atomic E-state index is 12.0. The van der Waals surface area contributed by atoms with E-state index in [0.29, 0.717) is 13.2 Å². The second-order valence-electron chi connectivity index (χ2n) is 6.62. The first-order chi connectivity index (χ1) is 13.9. The van der Waals surface area contributed by atoms with Crippen LogP contribution in [0.15, 0.2) is 24.3 Å². The van der Waals surface area contributed by atoms with E-state index in [1.54, 1.807) is 0 Å². The molecule has 1 fully saturated rings. The minimum absolute atomic E-state index is 0.385. The lowest BCUT2D eigenvalue weighted by atomic mass is 10.1. The van der Waals surface area contributed by atoms with Gasteiger partial charge in [-0.2, -0.15) is 0 Å². The maximum absolute atomic E-state index is 12.0. The van der Waals surface area contributed by atoms with Crippen LogP contribution in [0.5, 0.6) is 0 Å². The van der Waals surface area contributed by atoms with Gasteiger partial charge in [0.25, 0.3) is 0 Å². The van der Waals surface area contributed by atoms with E-state index in [-0.39, 0.29) is 6.09 Å². The summed E-state index contributed by atoms with van der Waals surface area (Å²) in [6.07, 6.45) is 4.50. The number of benzene rings is 1. The summed E-state index contributed by atoms with van der Waals surface area (Å²) in [5.41, 5.74) is 1.73. The van der Waals surface area contributed by atoms with Crippen LogP contribution in [0.2, 0.25) is 0 Å². The number of anilines is 1. The largest absolute Gasteiger partial charge is 0.539 e. The van der Waals surface area contributed by atoms with Gasteiger partial charge in [-0.25, -0.2) is 9.59 Å². The number of piperidine rings is 1. The second kappa shape index (κ2) is 14.4. The van der Waals surface area contributed by atoms with E-state index < -0.39 is 11.9 Å². The standard InChI is InChI=1S/C18H28N2O3.C2H2O4/c1-2-13-22-15-16-8-4-5-9-17(16)19-18(21)23-14-12-20-10-6-3-7-11-20;3-1(4)2(5)6/h4-5,8-9H,2-3,6-7,10-15H2,1H3,(H,19,21);(H,3,4)(H,5,6). The maximum Gasteiger partial charge on any atom is 0.411 e. The lowest BCUT2D eigenvalue weighted by molar-refractivity contribution is -0.905. The number of amides is 1. The summed E-state index contributed by atoms with van der Waals surface area (Å²) >= 11 is 0. The van der Waals surface area contributed by atoms with Crippen LogP contribution in [0.25, 0.3) is 0 Å². The molecule has 29 heavy (non-hydrogen) atoms. The molecule has 9 heteroatoms. The Kier molecular flexibility index (Phi) is 12.1. The van der Waals surface area contributed by atoms with Crippen LogP contribution in [0, 0.1) is 0 Å². The van der Waals surface area contributed by atoms with Crippen molar-refractivity contribution in [3.63, 3.8) is 0 Å². The molecule has 1 amide bonds. The smallest absolute Gasteiger partial charge is 0.411 e. The van der Waals surface area contributed by atoms with Crippen molar-refractivity contribution in [1.82, 2.24) is 0 Å². The van der Waals surface area contributed by atoms with Crippen molar-refractivity contribution in [3.05, 3.63) is 29.8 Å². The molecule has 1 heterocycles. The van der Waals surface area contributed by atoms with Gasteiger partial charge in [-0.1, -0.05) is 25.1 Å². The van der Waals surface area contributed by atoms with Gasteiger partial charge in [0.2, 0.25) is 0 Å². The van der Waals surface area contributed by atoms with E-state index in [9.17, 15) is 4.79 Å². The van der Waals surface area contributed by atoms with Crippen molar-refractivity contribution >= 4 is 23.7 Å². The molecule has 0 bridgehead atoms. The van der Waals surface area contributed by atoms with Crippen LogP contribution in [-0.4, -0.2) is 56.0 Å². The van der Waals surface area contributed by atoms with Crippen molar-refractivity contribution in [3.8, 4) is 0 Å². The number of carbonyl (C=O) groups is 3. The Bertz CT molecular complexity index is 633. The van der Waals surface area contributed by atoms with E-state index in [1.807, 2.05) is 24.3 Å². The molecule has 3 N–H and O–H groups in total. The first-order valence-corrected chi connectivity index (χ1v) is 9.81. The predicted octanol–water partition coefficient (Wildman–Crippen LogP) is 0.0514. The van der Waals surface area contributed by atoms with Gasteiger partial charge in [0.05, 0.1) is 19.7 Å². The second-order valence-corrected chi connectivity index (χ2v) is 6.62. The summed E-state index contributed by atoms with van der Waals surface area (Å²) in [6.45, 7) is 7.06. The quantitative estimate of drug-likeness (QED) is 0.408. The molecule has 1 aromatic carbocycles. The highest BCUT2D eigenvalue weighted by Gasteiger charge is 2.14. The van der Waals surface area contributed by atoms with E-state index in [2.05, 4.69) is 12.2 Å². The third-order valence-electron chi connectivity index (χ3n) is 4.28. The molecule has 9 nitrogen and oxygen atoms in total. The molecule has 0 unspecified atom stereocenters. The van der Waals surface area contributed by atoms with E-state index in [0.717, 1.165) is 30.8 Å². The zero-order valence-corrected chi connectivity index (χ0v) is 16.8. The zero-order valence-electron chi connectivity index (χ0n) is 16.8. The van der Waals surface area contributed by atoms with Gasteiger partial charge in [-0.05, 0) is 31.7 Å². The number of carboxylic acids is 2. The fourth-order valence-corrected chi connectivity index (χ4v) is 2.83. The van der Waals surface area contributed by atoms with Crippen molar-refractivity contribution in [2.45, 2.75) is 39.2 Å². The molecule has 1 aromatic rings. The number of nitrogens with one attached hydrogen (secondary N) is 2. The third-order valence-corrected chi connectivity index (χ3v) is 4.28. The number of rotatable bonds is 8. The molecule has 0 saturated carbocycles. The SMILES string of the molecule is CCCOCc1ccccc1NC(=O)OCC[NH+]1CCCCC1.O=C([O-])C(=O)O. The summed E-state index contributed by atoms with van der Waals surface area (Å²) in [4.78, 5) is 31.5. The van der Waals surface area contributed by atoms with Gasteiger partial charge in [0, 0.05) is 17.9 Å². The average Bonchev–Trinajstić information content (AvgIpc) is 2.70. The molecular formula is C20H30N2O7. The molecular weight excluding hydrogens is 380 g/mol. The van der Waals surface area contributed by atoms with Gasteiger partial charge >= 0.3 is 12.1 Å². The van der Waals surface area contributed by atoms with Gasteiger partial charge in [0.15, 0.2) is 5.97 Å². The van der Waals surface area contributed by atoms with Crippen LogP contribution in [0.1, 0.15) is 38.2 Å². The monoisotopic (exact) mass is 410 g/mol. The van der Waals surface area contributed by atoms with Crippen LogP contribution in [-0.2, 0) is 25.7 Å². The topological polar surface area (TPSA) is 129 Å².